The third kappa shape index (κ3) is 2.69. The molecule has 78 valence electrons. The molecule has 0 aliphatic carbocycles. The molecule has 0 atom stereocenters. The minimum atomic E-state index is 0.114. The molecule has 6 nitrogen and oxygen atoms in total. The van der Waals surface area contributed by atoms with Gasteiger partial charge < -0.3 is 11.5 Å². The summed E-state index contributed by atoms with van der Waals surface area (Å²) >= 11 is 1.30. The molecule has 1 aromatic heterocycles. The Bertz CT molecular complexity index is 427. The molecule has 0 saturated heterocycles. The number of hydrogen-bond donors (Lipinski definition) is 3. The number of H-pyrrole nitrogens is 1. The van der Waals surface area contributed by atoms with E-state index in [1.54, 1.807) is 12.3 Å². The maximum Gasteiger partial charge on any atom is 0.278 e. The van der Waals surface area contributed by atoms with Gasteiger partial charge in [0.05, 0.1) is 6.54 Å². The van der Waals surface area contributed by atoms with Crippen LogP contribution in [0.5, 0.6) is 0 Å². The standard InChI is InChI=1S/C8H10N6S/c1-2-3-12-8-14-7(11)5(15-8)6(10)13-4-9/h2H,1,3,11H2,(H2,10,13)(H,12,14)/p+1. The Morgan fingerprint density at radius 2 is 2.53 bits per heavy atom. The van der Waals surface area contributed by atoms with Crippen LogP contribution in [0.25, 0.3) is 0 Å². The molecular weight excluding hydrogens is 212 g/mol. The van der Waals surface area contributed by atoms with Crippen LogP contribution in [0.4, 0.5) is 10.9 Å². The normalized spacial score (nSPS) is 10.7. The number of nitrogens with one attached hydrogen (secondary N) is 2. The first kappa shape index (κ1) is 11.0. The summed E-state index contributed by atoms with van der Waals surface area (Å²) in [4.78, 5) is 6.86. The number of anilines is 2. The molecule has 0 amide bonds. The second kappa shape index (κ2) is 4.97. The monoisotopic (exact) mass is 223 g/mol. The fourth-order valence-electron chi connectivity index (χ4n) is 0.902. The molecule has 1 aromatic rings. The zero-order valence-electron chi connectivity index (χ0n) is 7.95. The maximum absolute atomic E-state index is 8.34. The van der Waals surface area contributed by atoms with E-state index in [9.17, 15) is 0 Å². The lowest BCUT2D eigenvalue weighted by Crippen LogP contribution is -2.17. The second-order valence-corrected chi connectivity index (χ2v) is 3.59. The second-order valence-electron chi connectivity index (χ2n) is 2.57. The first-order valence-electron chi connectivity index (χ1n) is 4.08. The predicted octanol–water partition coefficient (Wildman–Crippen LogP) is -0.0713. The van der Waals surface area contributed by atoms with Gasteiger partial charge >= 0.3 is 0 Å². The molecule has 0 radical (unpaired) electrons. The van der Waals surface area contributed by atoms with Crippen molar-refractivity contribution in [2.75, 3.05) is 17.6 Å². The van der Waals surface area contributed by atoms with Gasteiger partial charge in [-0.2, -0.15) is 10.3 Å². The lowest BCUT2D eigenvalue weighted by molar-refractivity contribution is -0.337. The Morgan fingerprint density at radius 3 is 3.13 bits per heavy atom. The molecular formula is C8H11N6S+. The highest BCUT2D eigenvalue weighted by molar-refractivity contribution is 7.17. The molecule has 0 bridgehead atoms. The van der Waals surface area contributed by atoms with Gasteiger partial charge in [-0.05, 0) is 0 Å². The molecule has 0 spiro atoms. The number of nitriles is 1. The topological polar surface area (TPSA) is 114 Å². The predicted molar refractivity (Wildman–Crippen MR) is 60.3 cm³/mol. The van der Waals surface area contributed by atoms with Crippen molar-refractivity contribution in [2.24, 2.45) is 10.7 Å². The number of nitrogen functional groups attached to an aromatic ring is 1. The Hall–Kier alpha value is -2.07. The van der Waals surface area contributed by atoms with Crippen LogP contribution in [0.15, 0.2) is 17.6 Å². The summed E-state index contributed by atoms with van der Waals surface area (Å²) in [6, 6.07) is 0. The Labute approximate surface area is 90.9 Å². The van der Waals surface area contributed by atoms with Crippen LogP contribution in [0.1, 0.15) is 4.88 Å². The van der Waals surface area contributed by atoms with E-state index >= 15 is 0 Å². The van der Waals surface area contributed by atoms with E-state index in [1.165, 1.54) is 11.3 Å². The minimum Gasteiger partial charge on any atom is -0.382 e. The Morgan fingerprint density at radius 1 is 1.80 bits per heavy atom. The van der Waals surface area contributed by atoms with E-state index in [0.717, 1.165) is 5.13 Å². The van der Waals surface area contributed by atoms with Crippen molar-refractivity contribution in [3.8, 4) is 6.19 Å². The van der Waals surface area contributed by atoms with E-state index < -0.39 is 0 Å². The van der Waals surface area contributed by atoms with E-state index in [1.807, 2.05) is 0 Å². The Balaban J connectivity index is 2.92. The smallest absolute Gasteiger partial charge is 0.278 e. The first-order chi connectivity index (χ1) is 7.19. The van der Waals surface area contributed by atoms with Crippen LogP contribution in [-0.4, -0.2) is 12.4 Å². The van der Waals surface area contributed by atoms with Crippen LogP contribution >= 0.6 is 11.3 Å². The molecule has 15 heavy (non-hydrogen) atoms. The van der Waals surface area contributed by atoms with E-state index in [2.05, 4.69) is 21.9 Å². The van der Waals surface area contributed by atoms with E-state index in [0.29, 0.717) is 17.2 Å². The number of aromatic amines is 1. The van der Waals surface area contributed by atoms with Gasteiger partial charge in [-0.1, -0.05) is 24.0 Å². The lowest BCUT2D eigenvalue weighted by atomic mass is 10.5. The molecule has 0 fully saturated rings. The van der Waals surface area contributed by atoms with E-state index in [4.69, 9.17) is 16.7 Å². The van der Waals surface area contributed by atoms with Crippen LogP contribution in [0.2, 0.25) is 0 Å². The van der Waals surface area contributed by atoms with Crippen LogP contribution in [-0.2, 0) is 0 Å². The molecule has 7 heteroatoms. The van der Waals surface area contributed by atoms with Gasteiger partial charge in [0.15, 0.2) is 5.84 Å². The number of nitrogens with two attached hydrogens (primary N) is 2. The van der Waals surface area contributed by atoms with Crippen LogP contribution < -0.4 is 21.8 Å². The number of nitrogens with zero attached hydrogens (tertiary/aromatic N) is 2. The SMILES string of the molecule is C=CCNc1[nH+]c(N)c(C(N)=NC#N)s1. The number of rotatable bonds is 4. The van der Waals surface area contributed by atoms with Crippen molar-refractivity contribution in [2.45, 2.75) is 0 Å². The third-order valence-electron chi connectivity index (χ3n) is 1.51. The lowest BCUT2D eigenvalue weighted by Gasteiger charge is -1.89. The molecule has 0 aromatic carbocycles. The zero-order chi connectivity index (χ0) is 11.3. The van der Waals surface area contributed by atoms with Gasteiger partial charge in [-0.25, -0.2) is 4.98 Å². The van der Waals surface area contributed by atoms with Crippen LogP contribution in [0.3, 0.4) is 0 Å². The molecule has 1 heterocycles. The quantitative estimate of drug-likeness (QED) is 0.287. The summed E-state index contributed by atoms with van der Waals surface area (Å²) in [5.74, 6) is 0.506. The summed E-state index contributed by atoms with van der Waals surface area (Å²) in [5.41, 5.74) is 11.2. The van der Waals surface area contributed by atoms with Gasteiger partial charge in [-0.3, -0.25) is 5.32 Å². The highest BCUT2D eigenvalue weighted by Crippen LogP contribution is 2.19. The fourth-order valence-corrected chi connectivity index (χ4v) is 1.73. The molecule has 1 rings (SSSR count). The molecule has 6 N–H and O–H groups in total. The first-order valence-corrected chi connectivity index (χ1v) is 4.89. The minimum absolute atomic E-state index is 0.114. The molecule has 0 saturated carbocycles. The van der Waals surface area contributed by atoms with Crippen LogP contribution in [0, 0.1) is 11.5 Å². The van der Waals surface area contributed by atoms with E-state index in [-0.39, 0.29) is 5.84 Å². The number of hydrogen-bond acceptors (Lipinski definition) is 5. The Kier molecular flexibility index (Phi) is 3.65. The zero-order valence-corrected chi connectivity index (χ0v) is 8.77. The number of amidine groups is 1. The van der Waals surface area contributed by atoms with Gasteiger partial charge in [0.2, 0.25) is 12.0 Å². The van der Waals surface area contributed by atoms with Gasteiger partial charge in [-0.15, -0.1) is 0 Å². The molecule has 0 aliphatic heterocycles. The number of aromatic nitrogens is 1. The average molecular weight is 223 g/mol. The van der Waals surface area contributed by atoms with Gasteiger partial charge in [0.25, 0.3) is 5.13 Å². The summed E-state index contributed by atoms with van der Waals surface area (Å²) < 4.78 is 0. The molecule has 0 unspecified atom stereocenters. The maximum atomic E-state index is 8.34. The van der Waals surface area contributed by atoms with Crippen molar-refractivity contribution in [3.63, 3.8) is 0 Å². The fraction of sp³-hybridized carbons (Fsp3) is 0.125. The van der Waals surface area contributed by atoms with Gasteiger partial charge in [0, 0.05) is 0 Å². The van der Waals surface area contributed by atoms with Crippen molar-refractivity contribution in [1.82, 2.24) is 0 Å². The van der Waals surface area contributed by atoms with Crippen molar-refractivity contribution in [1.29, 1.82) is 5.26 Å². The van der Waals surface area contributed by atoms with Gasteiger partial charge in [0.1, 0.15) is 4.88 Å². The summed E-state index contributed by atoms with van der Waals surface area (Å²) in [6.45, 7) is 4.19. The largest absolute Gasteiger partial charge is 0.382 e. The highest BCUT2D eigenvalue weighted by atomic mass is 32.1. The van der Waals surface area contributed by atoms with Crippen molar-refractivity contribution >= 4 is 28.1 Å². The highest BCUT2D eigenvalue weighted by Gasteiger charge is 2.15. The van der Waals surface area contributed by atoms with Crippen molar-refractivity contribution in [3.05, 3.63) is 17.5 Å². The number of aliphatic imine (C=N–C) groups is 1. The summed E-state index contributed by atoms with van der Waals surface area (Å²) in [7, 11) is 0. The summed E-state index contributed by atoms with van der Waals surface area (Å²) in [6.07, 6.45) is 3.33. The average Bonchev–Trinajstić information content (AvgIpc) is 2.57. The third-order valence-corrected chi connectivity index (χ3v) is 2.59. The van der Waals surface area contributed by atoms with Crippen molar-refractivity contribution < 1.29 is 4.98 Å². The summed E-state index contributed by atoms with van der Waals surface area (Å²) in [5, 5.41) is 12.1. The molecule has 0 aliphatic rings. The number of thiazole rings is 1.